The molecule has 0 fully saturated rings. The normalized spacial score (nSPS) is 12.4. The largest absolute Gasteiger partial charge is 0.480 e. The van der Waals surface area contributed by atoms with E-state index in [2.05, 4.69) is 15.5 Å². The fourth-order valence-corrected chi connectivity index (χ4v) is 1.57. The van der Waals surface area contributed by atoms with Crippen LogP contribution >= 0.6 is 11.6 Å². The van der Waals surface area contributed by atoms with E-state index in [0.717, 1.165) is 0 Å². The van der Waals surface area contributed by atoms with Crippen LogP contribution in [-0.2, 0) is 4.79 Å². The number of carboxylic acid groups (broad SMARTS) is 1. The van der Waals surface area contributed by atoms with Gasteiger partial charge in [0.25, 0.3) is 0 Å². The van der Waals surface area contributed by atoms with Crippen LogP contribution in [0.2, 0.25) is 5.02 Å². The lowest BCUT2D eigenvalue weighted by Crippen LogP contribution is -2.18. The zero-order valence-corrected chi connectivity index (χ0v) is 9.66. The molecule has 0 saturated heterocycles. The van der Waals surface area contributed by atoms with Crippen molar-refractivity contribution >= 4 is 17.6 Å². The SMILES string of the molecule is CC(C(=O)O)n1nnnc1-c1cccc(Cl)c1. The van der Waals surface area contributed by atoms with E-state index in [1.807, 2.05) is 0 Å². The number of carbonyl (C=O) groups is 1. The molecule has 0 saturated carbocycles. The molecule has 0 spiro atoms. The zero-order valence-electron chi connectivity index (χ0n) is 8.91. The molecule has 2 aromatic rings. The first kappa shape index (κ1) is 11.5. The third-order valence-corrected chi connectivity index (χ3v) is 2.53. The Balaban J connectivity index is 2.47. The summed E-state index contributed by atoms with van der Waals surface area (Å²) < 4.78 is 1.24. The molecule has 88 valence electrons. The van der Waals surface area contributed by atoms with Crippen LogP contribution in [0.1, 0.15) is 13.0 Å². The molecule has 0 amide bonds. The van der Waals surface area contributed by atoms with Crippen molar-refractivity contribution in [1.29, 1.82) is 0 Å². The molecule has 6 nitrogen and oxygen atoms in total. The summed E-state index contributed by atoms with van der Waals surface area (Å²) >= 11 is 5.86. The first-order chi connectivity index (χ1) is 8.09. The van der Waals surface area contributed by atoms with E-state index in [1.165, 1.54) is 11.6 Å². The van der Waals surface area contributed by atoms with Crippen molar-refractivity contribution in [1.82, 2.24) is 20.2 Å². The summed E-state index contributed by atoms with van der Waals surface area (Å²) in [6.07, 6.45) is 0. The number of hydrogen-bond donors (Lipinski definition) is 1. The van der Waals surface area contributed by atoms with E-state index in [4.69, 9.17) is 16.7 Å². The Kier molecular flexibility index (Phi) is 3.06. The highest BCUT2D eigenvalue weighted by atomic mass is 35.5. The first-order valence-electron chi connectivity index (χ1n) is 4.86. The zero-order chi connectivity index (χ0) is 12.4. The summed E-state index contributed by atoms with van der Waals surface area (Å²) in [6, 6.07) is 6.09. The minimum absolute atomic E-state index is 0.377. The Morgan fingerprint density at radius 2 is 2.29 bits per heavy atom. The lowest BCUT2D eigenvalue weighted by molar-refractivity contribution is -0.140. The number of benzene rings is 1. The van der Waals surface area contributed by atoms with E-state index in [1.54, 1.807) is 24.3 Å². The highest BCUT2D eigenvalue weighted by Gasteiger charge is 2.20. The Morgan fingerprint density at radius 1 is 1.53 bits per heavy atom. The van der Waals surface area contributed by atoms with Crippen LogP contribution in [0.15, 0.2) is 24.3 Å². The number of rotatable bonds is 3. The fraction of sp³-hybridized carbons (Fsp3) is 0.200. The molecule has 1 aromatic carbocycles. The monoisotopic (exact) mass is 252 g/mol. The molecule has 17 heavy (non-hydrogen) atoms. The molecule has 1 aromatic heterocycles. The molecular formula is C10H9ClN4O2. The molecule has 0 aliphatic heterocycles. The summed E-state index contributed by atoms with van der Waals surface area (Å²) in [5, 5.41) is 20.5. The predicted octanol–water partition coefficient (Wildman–Crippen LogP) is 1.64. The maximum absolute atomic E-state index is 10.9. The Bertz CT molecular complexity index is 555. The highest BCUT2D eigenvalue weighted by Crippen LogP contribution is 2.22. The van der Waals surface area contributed by atoms with Gasteiger partial charge in [-0.2, -0.15) is 0 Å². The van der Waals surface area contributed by atoms with Gasteiger partial charge in [0.2, 0.25) is 0 Å². The molecule has 0 bridgehead atoms. The minimum Gasteiger partial charge on any atom is -0.480 e. The topological polar surface area (TPSA) is 80.9 Å². The molecule has 1 N–H and O–H groups in total. The van der Waals surface area contributed by atoms with Gasteiger partial charge in [0.1, 0.15) is 0 Å². The number of hydrogen-bond acceptors (Lipinski definition) is 4. The van der Waals surface area contributed by atoms with E-state index in [-0.39, 0.29) is 0 Å². The number of carboxylic acids is 1. The maximum atomic E-state index is 10.9. The van der Waals surface area contributed by atoms with Gasteiger partial charge in [0.05, 0.1) is 0 Å². The molecule has 1 unspecified atom stereocenters. The molecule has 0 aliphatic rings. The molecule has 1 atom stereocenters. The summed E-state index contributed by atoms with van der Waals surface area (Å²) in [7, 11) is 0. The molecule has 0 radical (unpaired) electrons. The van der Waals surface area contributed by atoms with Gasteiger partial charge in [-0.1, -0.05) is 23.7 Å². The molecule has 2 rings (SSSR count). The van der Waals surface area contributed by atoms with Gasteiger partial charge in [-0.3, -0.25) is 0 Å². The average Bonchev–Trinajstić information content (AvgIpc) is 2.76. The molecule has 1 heterocycles. The third-order valence-electron chi connectivity index (χ3n) is 2.30. The van der Waals surface area contributed by atoms with Crippen molar-refractivity contribution in [2.45, 2.75) is 13.0 Å². The van der Waals surface area contributed by atoms with Gasteiger partial charge in [-0.15, -0.1) is 5.10 Å². The van der Waals surface area contributed by atoms with E-state index in [0.29, 0.717) is 16.4 Å². The summed E-state index contributed by atoms with van der Waals surface area (Å²) in [4.78, 5) is 10.9. The molecule has 0 aliphatic carbocycles. The van der Waals surface area contributed by atoms with Crippen LogP contribution < -0.4 is 0 Å². The van der Waals surface area contributed by atoms with Crippen molar-refractivity contribution in [3.05, 3.63) is 29.3 Å². The number of nitrogens with zero attached hydrogens (tertiary/aromatic N) is 4. The van der Waals surface area contributed by atoms with Gasteiger partial charge < -0.3 is 5.11 Å². The Morgan fingerprint density at radius 3 is 2.94 bits per heavy atom. The van der Waals surface area contributed by atoms with Gasteiger partial charge >= 0.3 is 5.97 Å². The van der Waals surface area contributed by atoms with E-state index < -0.39 is 12.0 Å². The quantitative estimate of drug-likeness (QED) is 0.898. The van der Waals surface area contributed by atoms with Gasteiger partial charge in [-0.05, 0) is 29.5 Å². The van der Waals surface area contributed by atoms with Crippen molar-refractivity contribution in [2.75, 3.05) is 0 Å². The smallest absolute Gasteiger partial charge is 0.328 e. The van der Waals surface area contributed by atoms with Crippen molar-refractivity contribution < 1.29 is 9.90 Å². The number of halogens is 1. The van der Waals surface area contributed by atoms with Crippen LogP contribution in [0.25, 0.3) is 11.4 Å². The minimum atomic E-state index is -0.999. The molecule has 7 heteroatoms. The van der Waals surface area contributed by atoms with Crippen molar-refractivity contribution in [3.63, 3.8) is 0 Å². The lowest BCUT2D eigenvalue weighted by atomic mass is 10.2. The third kappa shape index (κ3) is 2.26. The van der Waals surface area contributed by atoms with Gasteiger partial charge in [-0.25, -0.2) is 9.48 Å². The van der Waals surface area contributed by atoms with Crippen molar-refractivity contribution in [3.8, 4) is 11.4 Å². The van der Waals surface area contributed by atoms with Crippen LogP contribution in [0.3, 0.4) is 0 Å². The molecular weight excluding hydrogens is 244 g/mol. The summed E-state index contributed by atoms with van der Waals surface area (Å²) in [5.41, 5.74) is 0.676. The average molecular weight is 253 g/mol. The maximum Gasteiger partial charge on any atom is 0.328 e. The summed E-state index contributed by atoms with van der Waals surface area (Å²) in [5.74, 6) is -0.622. The number of tetrazole rings is 1. The van der Waals surface area contributed by atoms with Gasteiger partial charge in [0.15, 0.2) is 11.9 Å². The summed E-state index contributed by atoms with van der Waals surface area (Å²) in [6.45, 7) is 1.51. The van der Waals surface area contributed by atoms with Crippen LogP contribution in [0.5, 0.6) is 0 Å². The van der Waals surface area contributed by atoms with Crippen molar-refractivity contribution in [2.24, 2.45) is 0 Å². The fourth-order valence-electron chi connectivity index (χ4n) is 1.38. The standard InChI is InChI=1S/C10H9ClN4O2/c1-6(10(16)17)15-9(12-13-14-15)7-3-2-4-8(11)5-7/h2-6H,1H3,(H,16,17). The number of aliphatic carboxylic acids is 1. The second kappa shape index (κ2) is 4.50. The van der Waals surface area contributed by atoms with E-state index >= 15 is 0 Å². The predicted molar refractivity (Wildman–Crippen MR) is 60.6 cm³/mol. The first-order valence-corrected chi connectivity index (χ1v) is 5.24. The van der Waals surface area contributed by atoms with Gasteiger partial charge in [0, 0.05) is 10.6 Å². The van der Waals surface area contributed by atoms with Crippen LogP contribution in [-0.4, -0.2) is 31.3 Å². The van der Waals surface area contributed by atoms with Crippen LogP contribution in [0.4, 0.5) is 0 Å². The highest BCUT2D eigenvalue weighted by molar-refractivity contribution is 6.30. The van der Waals surface area contributed by atoms with Crippen LogP contribution in [0, 0.1) is 0 Å². The number of aromatic nitrogens is 4. The second-order valence-electron chi connectivity index (χ2n) is 3.47. The van der Waals surface area contributed by atoms with E-state index in [9.17, 15) is 4.79 Å². The lowest BCUT2D eigenvalue weighted by Gasteiger charge is -2.08. The Hall–Kier alpha value is -1.95. The Labute approximate surface area is 102 Å². The second-order valence-corrected chi connectivity index (χ2v) is 3.91.